The minimum Gasteiger partial charge on any atom is -0.356 e. The highest BCUT2D eigenvalue weighted by Gasteiger charge is 2.32. The molecule has 0 aromatic heterocycles. The lowest BCUT2D eigenvalue weighted by molar-refractivity contribution is -0.125. The fraction of sp³-hybridized carbons (Fsp3) is 0.889. The molecular weight excluding hydrogens is 174 g/mol. The van der Waals surface area contributed by atoms with Crippen LogP contribution in [0.25, 0.3) is 0 Å². The zero-order valence-corrected chi connectivity index (χ0v) is 8.23. The fourth-order valence-corrected chi connectivity index (χ4v) is 1.38. The molecule has 1 unspecified atom stereocenters. The molecule has 12 heavy (non-hydrogen) atoms. The van der Waals surface area contributed by atoms with Crippen LogP contribution in [0.3, 0.4) is 0 Å². The lowest BCUT2D eigenvalue weighted by Gasteiger charge is -2.09. The number of nitrogens with one attached hydrogen (secondary N) is 1. The van der Waals surface area contributed by atoms with Crippen LogP contribution in [-0.4, -0.2) is 18.3 Å². The van der Waals surface area contributed by atoms with Gasteiger partial charge in [-0.1, -0.05) is 6.92 Å². The predicted molar refractivity (Wildman–Crippen MR) is 50.2 cm³/mol. The first-order valence-electron chi connectivity index (χ1n) is 4.59. The number of amides is 1. The highest BCUT2D eigenvalue weighted by molar-refractivity contribution is 6.17. The smallest absolute Gasteiger partial charge is 0.223 e. The van der Waals surface area contributed by atoms with Crippen LogP contribution in [0.15, 0.2) is 0 Å². The summed E-state index contributed by atoms with van der Waals surface area (Å²) >= 11 is 5.49. The Bertz CT molecular complexity index is 157. The van der Waals surface area contributed by atoms with Gasteiger partial charge in [0.05, 0.1) is 0 Å². The molecule has 1 aliphatic carbocycles. The number of rotatable bonds is 5. The SMILES string of the molecule is CC(C(=O)NCCCCl)C1CC1. The average Bonchev–Trinajstić information content (AvgIpc) is 2.86. The number of carbonyl (C=O) groups excluding carboxylic acids is 1. The molecule has 1 fully saturated rings. The van der Waals surface area contributed by atoms with E-state index in [1.165, 1.54) is 12.8 Å². The van der Waals surface area contributed by atoms with Crippen molar-refractivity contribution in [2.75, 3.05) is 12.4 Å². The van der Waals surface area contributed by atoms with Crippen molar-refractivity contribution in [1.29, 1.82) is 0 Å². The van der Waals surface area contributed by atoms with Crippen molar-refractivity contribution in [2.45, 2.75) is 26.2 Å². The van der Waals surface area contributed by atoms with Crippen molar-refractivity contribution < 1.29 is 4.79 Å². The lowest BCUT2D eigenvalue weighted by Crippen LogP contribution is -2.31. The molecule has 1 amide bonds. The molecule has 2 nitrogen and oxygen atoms in total. The van der Waals surface area contributed by atoms with Crippen molar-refractivity contribution in [2.24, 2.45) is 11.8 Å². The summed E-state index contributed by atoms with van der Waals surface area (Å²) in [4.78, 5) is 11.3. The zero-order valence-electron chi connectivity index (χ0n) is 7.48. The molecule has 1 N–H and O–H groups in total. The maximum Gasteiger partial charge on any atom is 0.223 e. The van der Waals surface area contributed by atoms with Gasteiger partial charge >= 0.3 is 0 Å². The molecule has 0 heterocycles. The topological polar surface area (TPSA) is 29.1 Å². The molecule has 1 rings (SSSR count). The van der Waals surface area contributed by atoms with Crippen LogP contribution in [-0.2, 0) is 4.79 Å². The minimum atomic E-state index is 0.197. The number of hydrogen-bond acceptors (Lipinski definition) is 1. The van der Waals surface area contributed by atoms with Crippen molar-refractivity contribution in [3.8, 4) is 0 Å². The molecule has 3 heteroatoms. The highest BCUT2D eigenvalue weighted by atomic mass is 35.5. The monoisotopic (exact) mass is 189 g/mol. The predicted octanol–water partition coefficient (Wildman–Crippen LogP) is 1.78. The molecule has 0 spiro atoms. The van der Waals surface area contributed by atoms with Gasteiger partial charge in [0.2, 0.25) is 5.91 Å². The summed E-state index contributed by atoms with van der Waals surface area (Å²) in [6, 6.07) is 0. The standard InChI is InChI=1S/C9H16ClNO/c1-7(8-3-4-8)9(12)11-6-2-5-10/h7-8H,2-6H2,1H3,(H,11,12). The summed E-state index contributed by atoms with van der Waals surface area (Å²) in [6.07, 6.45) is 3.32. The maximum atomic E-state index is 11.3. The Morgan fingerprint density at radius 2 is 2.33 bits per heavy atom. The Morgan fingerprint density at radius 3 is 2.83 bits per heavy atom. The van der Waals surface area contributed by atoms with E-state index in [1.54, 1.807) is 0 Å². The third-order valence-corrected chi connectivity index (χ3v) is 2.62. The summed E-state index contributed by atoms with van der Waals surface area (Å²) in [5.74, 6) is 1.68. The maximum absolute atomic E-state index is 11.3. The molecule has 0 radical (unpaired) electrons. The van der Waals surface area contributed by atoms with Gasteiger partial charge in [0.15, 0.2) is 0 Å². The molecule has 1 atom stereocenters. The first-order valence-corrected chi connectivity index (χ1v) is 5.13. The van der Waals surface area contributed by atoms with E-state index >= 15 is 0 Å². The van der Waals surface area contributed by atoms with Gasteiger partial charge in [-0.3, -0.25) is 4.79 Å². The van der Waals surface area contributed by atoms with Gasteiger partial charge in [-0.15, -0.1) is 11.6 Å². The zero-order chi connectivity index (χ0) is 8.97. The van der Waals surface area contributed by atoms with Gasteiger partial charge in [0.25, 0.3) is 0 Å². The van der Waals surface area contributed by atoms with Crippen LogP contribution in [0.4, 0.5) is 0 Å². The Morgan fingerprint density at radius 1 is 1.67 bits per heavy atom. The molecule has 0 aromatic rings. The van der Waals surface area contributed by atoms with Crippen LogP contribution < -0.4 is 5.32 Å². The summed E-state index contributed by atoms with van der Waals surface area (Å²) in [7, 11) is 0. The van der Waals surface area contributed by atoms with Gasteiger partial charge in [-0.25, -0.2) is 0 Å². The molecule has 1 aliphatic rings. The van der Waals surface area contributed by atoms with E-state index in [-0.39, 0.29) is 11.8 Å². The van der Waals surface area contributed by atoms with Gasteiger partial charge < -0.3 is 5.32 Å². The largest absolute Gasteiger partial charge is 0.356 e. The van der Waals surface area contributed by atoms with Crippen LogP contribution in [0.1, 0.15) is 26.2 Å². The second-order valence-electron chi connectivity index (χ2n) is 3.46. The minimum absolute atomic E-state index is 0.197. The third-order valence-electron chi connectivity index (χ3n) is 2.35. The van der Waals surface area contributed by atoms with E-state index in [2.05, 4.69) is 5.32 Å². The second kappa shape index (κ2) is 4.70. The first kappa shape index (κ1) is 9.85. The molecule has 0 saturated heterocycles. The lowest BCUT2D eigenvalue weighted by atomic mass is 10.1. The van der Waals surface area contributed by atoms with E-state index in [4.69, 9.17) is 11.6 Å². The Kier molecular flexibility index (Phi) is 3.86. The summed E-state index contributed by atoms with van der Waals surface area (Å²) in [5.41, 5.74) is 0. The second-order valence-corrected chi connectivity index (χ2v) is 3.84. The number of hydrogen-bond donors (Lipinski definition) is 1. The summed E-state index contributed by atoms with van der Waals surface area (Å²) in [5, 5.41) is 2.88. The van der Waals surface area contributed by atoms with Gasteiger partial charge in [-0.05, 0) is 25.2 Å². The van der Waals surface area contributed by atoms with E-state index in [1.807, 2.05) is 6.92 Å². The third kappa shape index (κ3) is 3.02. The Hall–Kier alpha value is -0.240. The molecule has 70 valence electrons. The molecule has 1 saturated carbocycles. The molecule has 0 aliphatic heterocycles. The molecular formula is C9H16ClNO. The molecule has 0 aromatic carbocycles. The normalized spacial score (nSPS) is 18.8. The Labute approximate surface area is 78.7 Å². The van der Waals surface area contributed by atoms with Gasteiger partial charge in [0, 0.05) is 18.3 Å². The summed E-state index contributed by atoms with van der Waals surface area (Å²) in [6.45, 7) is 2.73. The van der Waals surface area contributed by atoms with Crippen molar-refractivity contribution in [3.63, 3.8) is 0 Å². The van der Waals surface area contributed by atoms with Crippen molar-refractivity contribution in [3.05, 3.63) is 0 Å². The van der Waals surface area contributed by atoms with Gasteiger partial charge in [0.1, 0.15) is 0 Å². The highest BCUT2D eigenvalue weighted by Crippen LogP contribution is 2.36. The van der Waals surface area contributed by atoms with Crippen molar-refractivity contribution in [1.82, 2.24) is 5.32 Å². The first-order chi connectivity index (χ1) is 5.75. The van der Waals surface area contributed by atoms with Crippen molar-refractivity contribution >= 4 is 17.5 Å². The number of alkyl halides is 1. The Balaban J connectivity index is 2.09. The van der Waals surface area contributed by atoms with Crippen LogP contribution in [0.2, 0.25) is 0 Å². The van der Waals surface area contributed by atoms with Crippen LogP contribution in [0.5, 0.6) is 0 Å². The number of halogens is 1. The van der Waals surface area contributed by atoms with Gasteiger partial charge in [-0.2, -0.15) is 0 Å². The van der Waals surface area contributed by atoms with E-state index in [0.29, 0.717) is 11.8 Å². The van der Waals surface area contributed by atoms with E-state index in [0.717, 1.165) is 13.0 Å². The van der Waals surface area contributed by atoms with Crippen LogP contribution >= 0.6 is 11.6 Å². The quantitative estimate of drug-likeness (QED) is 0.519. The summed E-state index contributed by atoms with van der Waals surface area (Å²) < 4.78 is 0. The average molecular weight is 190 g/mol. The van der Waals surface area contributed by atoms with E-state index < -0.39 is 0 Å². The number of carbonyl (C=O) groups is 1. The van der Waals surface area contributed by atoms with Crippen LogP contribution in [0, 0.1) is 11.8 Å². The fourth-order valence-electron chi connectivity index (χ4n) is 1.25. The van der Waals surface area contributed by atoms with E-state index in [9.17, 15) is 4.79 Å². The molecule has 0 bridgehead atoms.